The van der Waals surface area contributed by atoms with Gasteiger partial charge in [0.2, 0.25) is 5.78 Å². The Morgan fingerprint density at radius 2 is 1.82 bits per heavy atom. The average molecular weight is 578 g/mol. The van der Waals surface area contributed by atoms with Crippen molar-refractivity contribution in [2.45, 2.75) is 13.3 Å². The number of amides is 2. The minimum absolute atomic E-state index is 0.0226. The quantitative estimate of drug-likeness (QED) is 0.131. The van der Waals surface area contributed by atoms with Crippen molar-refractivity contribution in [3.05, 3.63) is 67.9 Å². The molecule has 39 heavy (non-hydrogen) atoms. The van der Waals surface area contributed by atoms with Crippen LogP contribution in [0, 0.1) is 17.0 Å². The predicted molar refractivity (Wildman–Crippen MR) is 148 cm³/mol. The highest BCUT2D eigenvalue weighted by molar-refractivity contribution is 6.47. The average Bonchev–Trinajstić information content (AvgIpc) is 2.86. The molecular weight excluding hydrogens is 551 g/mol. The number of carbonyl (C=O) groups is 3. The molecule has 0 saturated heterocycles. The van der Waals surface area contributed by atoms with Gasteiger partial charge in [0.15, 0.2) is 6.54 Å². The zero-order chi connectivity index (χ0) is 29.1. The lowest BCUT2D eigenvalue weighted by atomic mass is 10.1. The van der Waals surface area contributed by atoms with Crippen molar-refractivity contribution in [2.75, 3.05) is 40.1 Å². The van der Waals surface area contributed by atoms with Gasteiger partial charge in [0, 0.05) is 9.93 Å². The van der Waals surface area contributed by atoms with Crippen molar-refractivity contribution in [1.82, 2.24) is 10.2 Å². The van der Waals surface area contributed by atoms with E-state index in [1.54, 1.807) is 21.1 Å². The summed E-state index contributed by atoms with van der Waals surface area (Å²) in [4.78, 5) is 52.1. The van der Waals surface area contributed by atoms with Gasteiger partial charge in [0.25, 0.3) is 17.3 Å². The molecule has 0 aliphatic heterocycles. The molecule has 0 spiro atoms. The van der Waals surface area contributed by atoms with Crippen molar-refractivity contribution >= 4 is 63.2 Å². The van der Waals surface area contributed by atoms with Crippen LogP contribution in [-0.2, 0) is 9.59 Å². The molecule has 0 radical (unpaired) electrons. The van der Waals surface area contributed by atoms with E-state index in [1.165, 1.54) is 50.4 Å². The van der Waals surface area contributed by atoms with E-state index in [9.17, 15) is 24.5 Å². The van der Waals surface area contributed by atoms with Gasteiger partial charge in [-0.2, -0.15) is 5.10 Å². The Morgan fingerprint density at radius 3 is 2.46 bits per heavy atom. The number of fused-ring (bicyclic) bond motifs is 1. The highest BCUT2D eigenvalue weighted by Gasteiger charge is 2.30. The molecule has 0 aliphatic rings. The molecule has 0 saturated carbocycles. The van der Waals surface area contributed by atoms with Crippen LogP contribution in [0.5, 0.6) is 5.75 Å². The van der Waals surface area contributed by atoms with Gasteiger partial charge in [-0.15, -0.1) is 0 Å². The van der Waals surface area contributed by atoms with Crippen LogP contribution in [0.2, 0.25) is 10.0 Å². The summed E-state index contributed by atoms with van der Waals surface area (Å²) in [5.74, 6) is -1.99. The number of Topliss-reactive ketones (excluding diaryl/α,β-unsaturated/α-hetero) is 1. The first kappa shape index (κ1) is 29.6. The Bertz CT molecular complexity index is 1560. The number of halogens is 2. The minimum atomic E-state index is -0.885. The number of hydrogen-bond acceptors (Lipinski definition) is 7. The second-order valence-electron chi connectivity index (χ2n) is 9.60. The number of ketones is 1. The van der Waals surface area contributed by atoms with Crippen LogP contribution in [0.4, 0.5) is 5.69 Å². The number of nitrogens with zero attached hydrogens (tertiary/aromatic N) is 4. The predicted octanol–water partition coefficient (Wildman–Crippen LogP) is 2.92. The van der Waals surface area contributed by atoms with Crippen molar-refractivity contribution in [3.63, 3.8) is 0 Å². The van der Waals surface area contributed by atoms with E-state index in [1.807, 2.05) is 0 Å². The van der Waals surface area contributed by atoms with Crippen molar-refractivity contribution in [3.8, 4) is 5.75 Å². The first-order valence-corrected chi connectivity index (χ1v) is 12.3. The van der Waals surface area contributed by atoms with E-state index in [2.05, 4.69) is 15.8 Å². The van der Waals surface area contributed by atoms with Crippen LogP contribution < -0.4 is 19.9 Å². The Balaban J connectivity index is 2.02. The minimum Gasteiger partial charge on any atom is -0.805 e. The lowest BCUT2D eigenvalue weighted by Gasteiger charge is -2.22. The van der Waals surface area contributed by atoms with Gasteiger partial charge in [0.05, 0.1) is 61.6 Å². The van der Waals surface area contributed by atoms with E-state index in [-0.39, 0.29) is 43.5 Å². The Hall–Kier alpha value is -4.00. The number of hydrogen-bond donors (Lipinski definition) is 2. The third-order valence-corrected chi connectivity index (χ3v) is 6.00. The molecule has 2 N–H and O–H groups in total. The van der Waals surface area contributed by atoms with E-state index in [4.69, 9.17) is 27.9 Å². The number of anilines is 1. The van der Waals surface area contributed by atoms with Crippen molar-refractivity contribution in [1.29, 1.82) is 0 Å². The largest absolute Gasteiger partial charge is 0.805 e. The molecule has 3 rings (SSSR count). The topological polar surface area (TPSA) is 148 Å². The highest BCUT2D eigenvalue weighted by atomic mass is 35.5. The molecule has 0 atom stereocenters. The van der Waals surface area contributed by atoms with Crippen molar-refractivity contribution in [2.24, 2.45) is 5.10 Å². The van der Waals surface area contributed by atoms with Gasteiger partial charge in [-0.1, -0.05) is 23.2 Å². The number of carbonyl (C=O) groups excluding carboxylic acids is 3. The van der Waals surface area contributed by atoms with Crippen LogP contribution in [0.1, 0.15) is 22.6 Å². The zero-order valence-electron chi connectivity index (χ0n) is 21.9. The molecule has 206 valence electrons. The van der Waals surface area contributed by atoms with Gasteiger partial charge in [-0.25, -0.2) is 5.43 Å². The molecule has 0 aliphatic carbocycles. The highest BCUT2D eigenvalue weighted by Crippen LogP contribution is 2.26. The Kier molecular flexibility index (Phi) is 8.95. The molecule has 12 nitrogen and oxygen atoms in total. The molecule has 0 unspecified atom stereocenters. The fourth-order valence-corrected chi connectivity index (χ4v) is 3.95. The molecule has 1 aromatic heterocycles. The summed E-state index contributed by atoms with van der Waals surface area (Å²) in [6, 6.07) is 8.60. The summed E-state index contributed by atoms with van der Waals surface area (Å²) >= 11 is 12.1. The van der Waals surface area contributed by atoms with Crippen LogP contribution in [0.25, 0.3) is 11.0 Å². The number of nitrogens with one attached hydrogen (secondary N) is 2. The number of rotatable bonds is 9. The van der Waals surface area contributed by atoms with E-state index in [0.29, 0.717) is 14.9 Å². The summed E-state index contributed by atoms with van der Waals surface area (Å²) in [7, 11) is 6.74. The maximum absolute atomic E-state index is 13.4. The number of aromatic nitrogens is 2. The maximum Gasteiger partial charge on any atom is 0.325 e. The Labute approximate surface area is 233 Å². The fourth-order valence-electron chi connectivity index (χ4n) is 3.61. The van der Waals surface area contributed by atoms with Crippen molar-refractivity contribution < 1.29 is 28.0 Å². The molecular formula is C25H27Cl2N6O6+. The second-order valence-corrected chi connectivity index (χ2v) is 10.4. The van der Waals surface area contributed by atoms with Gasteiger partial charge in [-0.05, 0) is 37.3 Å². The first-order chi connectivity index (χ1) is 18.2. The van der Waals surface area contributed by atoms with E-state index < -0.39 is 35.4 Å². The lowest BCUT2D eigenvalue weighted by molar-refractivity contribution is -0.862. The van der Waals surface area contributed by atoms with Crippen LogP contribution in [-0.4, -0.2) is 67.3 Å². The normalized spacial score (nSPS) is 11.8. The number of benzene rings is 2. The van der Waals surface area contributed by atoms with Gasteiger partial charge in [0.1, 0.15) is 17.0 Å². The summed E-state index contributed by atoms with van der Waals surface area (Å²) in [5, 5.41) is 19.7. The lowest BCUT2D eigenvalue weighted by Crippen LogP contribution is -2.43. The molecule has 1 heterocycles. The summed E-state index contributed by atoms with van der Waals surface area (Å²) in [6.07, 6.45) is -0.729. The van der Waals surface area contributed by atoms with Gasteiger partial charge in [-0.3, -0.25) is 14.4 Å². The third kappa shape index (κ3) is 7.11. The van der Waals surface area contributed by atoms with Gasteiger partial charge < -0.3 is 24.5 Å². The molecule has 3 aromatic rings. The second kappa shape index (κ2) is 11.8. The number of ether oxygens (including phenoxy) is 1. The van der Waals surface area contributed by atoms with Gasteiger partial charge >= 0.3 is 5.69 Å². The first-order valence-electron chi connectivity index (χ1n) is 11.5. The summed E-state index contributed by atoms with van der Waals surface area (Å²) in [5.41, 5.74) is 1.20. The number of methoxy groups -OCH3 is 1. The number of quaternary nitrogens is 1. The third-order valence-electron chi connectivity index (χ3n) is 5.43. The molecule has 2 amide bonds. The maximum atomic E-state index is 13.4. The molecule has 0 fully saturated rings. The van der Waals surface area contributed by atoms with Crippen LogP contribution in [0.3, 0.4) is 0 Å². The zero-order valence-corrected chi connectivity index (χ0v) is 23.4. The summed E-state index contributed by atoms with van der Waals surface area (Å²) < 4.78 is 6.16. The Morgan fingerprint density at radius 1 is 1.13 bits per heavy atom. The van der Waals surface area contributed by atoms with Crippen LogP contribution in [0.15, 0.2) is 41.5 Å². The number of hydrazone groups is 1. The smallest absolute Gasteiger partial charge is 0.325 e. The SMILES string of the molecule is COc1ccc2c(c1)[n+](=O)c(C(=O)CC(=NNC(=O)C[N+](C)(C)C)C(=O)Nc1cc(Cl)ccc1Cl)c(C)n2[O-]. The summed E-state index contributed by atoms with van der Waals surface area (Å²) in [6.45, 7) is 1.33. The molecule has 0 bridgehead atoms. The van der Waals surface area contributed by atoms with E-state index >= 15 is 0 Å². The molecule has 14 heteroatoms. The molecule has 2 aromatic carbocycles. The standard InChI is InChI=1S/C25H26Cl2N6O6/c1-14-24(32(38)21-11-16(39-5)7-9-20(21)31(14)37)22(34)12-19(29-30-23(35)13-33(2,3)4)25(36)28-18-10-15(26)6-8-17(18)27/h6-11H,12-13H2,1-5H3,(H-,28,30,35,36)/p+1. The monoisotopic (exact) mass is 577 g/mol. The fraction of sp³-hybridized carbons (Fsp3) is 0.280. The van der Waals surface area contributed by atoms with Crippen LogP contribution >= 0.6 is 23.2 Å². The van der Waals surface area contributed by atoms with E-state index in [0.717, 1.165) is 0 Å². The number of likely N-dealkylation sites (N-methyl/N-ethyl adjacent to an activating group) is 1.